The second kappa shape index (κ2) is 8.86. The lowest BCUT2D eigenvalue weighted by atomic mass is 10.1. The van der Waals surface area contributed by atoms with Gasteiger partial charge in [-0.3, -0.25) is 9.59 Å². The summed E-state index contributed by atoms with van der Waals surface area (Å²) in [6, 6.07) is 13.2. The third kappa shape index (κ3) is 4.51. The number of methoxy groups -OCH3 is 1. The van der Waals surface area contributed by atoms with E-state index in [0.29, 0.717) is 23.6 Å². The van der Waals surface area contributed by atoms with E-state index in [1.165, 1.54) is 17.0 Å². The Balaban J connectivity index is 1.46. The summed E-state index contributed by atoms with van der Waals surface area (Å²) in [4.78, 5) is 32.1. The van der Waals surface area contributed by atoms with Crippen LogP contribution in [0.3, 0.4) is 0 Å². The maximum absolute atomic E-state index is 13.0. The first-order valence-electron chi connectivity index (χ1n) is 10.1. The zero-order chi connectivity index (χ0) is 22.8. The lowest BCUT2D eigenvalue weighted by Gasteiger charge is -2.39. The first-order valence-corrected chi connectivity index (χ1v) is 10.1. The standard InChI is InChI=1S/C23H23F2N3O4/c1-14-11-27(22(30)20-10-16-9-17(31-2)6-7-19(16)26-20)13-21(29)28(14)12-15-4-3-5-18(8-15)32-23(24)25/h3-10,14,23,26H,11-13H2,1-2H3/t14-/m0/s1. The van der Waals surface area contributed by atoms with Gasteiger partial charge >= 0.3 is 6.61 Å². The predicted octanol–water partition coefficient (Wildman–Crippen LogP) is 3.65. The highest BCUT2D eigenvalue weighted by Crippen LogP contribution is 2.24. The van der Waals surface area contributed by atoms with Crippen molar-refractivity contribution in [2.24, 2.45) is 0 Å². The first kappa shape index (κ1) is 21.6. The molecule has 1 aromatic heterocycles. The van der Waals surface area contributed by atoms with E-state index >= 15 is 0 Å². The molecule has 1 aliphatic rings. The Morgan fingerprint density at radius 2 is 2.00 bits per heavy atom. The van der Waals surface area contributed by atoms with E-state index in [4.69, 9.17) is 4.74 Å². The highest BCUT2D eigenvalue weighted by molar-refractivity contribution is 6.00. The summed E-state index contributed by atoms with van der Waals surface area (Å²) in [5, 5.41) is 0.844. The van der Waals surface area contributed by atoms with Crippen LogP contribution in [-0.4, -0.2) is 59.5 Å². The van der Waals surface area contributed by atoms with Crippen molar-refractivity contribution in [2.75, 3.05) is 20.2 Å². The molecule has 2 aromatic carbocycles. The molecule has 32 heavy (non-hydrogen) atoms. The third-order valence-corrected chi connectivity index (χ3v) is 5.49. The molecule has 1 fully saturated rings. The zero-order valence-electron chi connectivity index (χ0n) is 17.7. The van der Waals surface area contributed by atoms with Crippen molar-refractivity contribution in [3.63, 3.8) is 0 Å². The molecule has 9 heteroatoms. The number of nitrogens with one attached hydrogen (secondary N) is 1. The molecule has 0 bridgehead atoms. The van der Waals surface area contributed by atoms with Crippen LogP contribution < -0.4 is 9.47 Å². The van der Waals surface area contributed by atoms with Gasteiger partial charge in [0.15, 0.2) is 0 Å². The van der Waals surface area contributed by atoms with E-state index in [0.717, 1.165) is 10.9 Å². The zero-order valence-corrected chi connectivity index (χ0v) is 17.7. The van der Waals surface area contributed by atoms with E-state index in [2.05, 4.69) is 9.72 Å². The van der Waals surface area contributed by atoms with Gasteiger partial charge in [0, 0.05) is 30.0 Å². The van der Waals surface area contributed by atoms with Crippen LogP contribution in [0.25, 0.3) is 10.9 Å². The fraction of sp³-hybridized carbons (Fsp3) is 0.304. The lowest BCUT2D eigenvalue weighted by Crippen LogP contribution is -2.56. The number of carbonyl (C=O) groups is 2. The normalized spacial score (nSPS) is 16.7. The predicted molar refractivity (Wildman–Crippen MR) is 114 cm³/mol. The number of aromatic nitrogens is 1. The van der Waals surface area contributed by atoms with Gasteiger partial charge in [-0.05, 0) is 48.9 Å². The molecule has 0 spiro atoms. The molecular formula is C23H23F2N3O4. The van der Waals surface area contributed by atoms with E-state index in [1.807, 2.05) is 19.1 Å². The van der Waals surface area contributed by atoms with Gasteiger partial charge in [-0.25, -0.2) is 0 Å². The molecule has 1 aliphatic heterocycles. The Morgan fingerprint density at radius 3 is 2.72 bits per heavy atom. The van der Waals surface area contributed by atoms with Crippen molar-refractivity contribution >= 4 is 22.7 Å². The van der Waals surface area contributed by atoms with Crippen LogP contribution in [-0.2, 0) is 11.3 Å². The molecule has 0 saturated carbocycles. The Kier molecular flexibility index (Phi) is 5.98. The number of ether oxygens (including phenoxy) is 2. The van der Waals surface area contributed by atoms with E-state index in [1.54, 1.807) is 36.3 Å². The molecule has 7 nitrogen and oxygen atoms in total. The largest absolute Gasteiger partial charge is 0.497 e. The molecule has 0 radical (unpaired) electrons. The molecule has 1 N–H and O–H groups in total. The first-order chi connectivity index (χ1) is 15.3. The summed E-state index contributed by atoms with van der Waals surface area (Å²) in [5.74, 6) is 0.264. The number of rotatable bonds is 6. The number of halogens is 2. The molecule has 1 atom stereocenters. The summed E-state index contributed by atoms with van der Waals surface area (Å²) in [7, 11) is 1.58. The Bertz CT molecular complexity index is 1150. The average molecular weight is 443 g/mol. The van der Waals surface area contributed by atoms with Crippen molar-refractivity contribution in [3.8, 4) is 11.5 Å². The van der Waals surface area contributed by atoms with Crippen molar-refractivity contribution in [2.45, 2.75) is 26.1 Å². The number of alkyl halides is 2. The lowest BCUT2D eigenvalue weighted by molar-refractivity contribution is -0.138. The van der Waals surface area contributed by atoms with E-state index < -0.39 is 6.61 Å². The fourth-order valence-electron chi connectivity index (χ4n) is 3.92. The molecule has 0 unspecified atom stereocenters. The summed E-state index contributed by atoms with van der Waals surface area (Å²) in [5.41, 5.74) is 1.88. The van der Waals surface area contributed by atoms with Crippen molar-refractivity contribution in [1.29, 1.82) is 0 Å². The minimum absolute atomic E-state index is 0.0434. The number of hydrogen-bond acceptors (Lipinski definition) is 4. The minimum atomic E-state index is -2.91. The number of nitrogens with zero attached hydrogens (tertiary/aromatic N) is 2. The van der Waals surface area contributed by atoms with Crippen LogP contribution in [0.2, 0.25) is 0 Å². The molecule has 1 saturated heterocycles. The fourth-order valence-corrected chi connectivity index (χ4v) is 3.92. The number of H-pyrrole nitrogens is 1. The van der Waals surface area contributed by atoms with E-state index in [9.17, 15) is 18.4 Å². The molecule has 0 aliphatic carbocycles. The smallest absolute Gasteiger partial charge is 0.387 e. The summed E-state index contributed by atoms with van der Waals surface area (Å²) >= 11 is 0. The van der Waals surface area contributed by atoms with Gasteiger partial charge in [0.1, 0.15) is 23.7 Å². The van der Waals surface area contributed by atoms with Crippen LogP contribution in [0.15, 0.2) is 48.5 Å². The SMILES string of the molecule is COc1ccc2[nH]c(C(=O)N3CC(=O)N(Cc4cccc(OC(F)F)c4)[C@@H](C)C3)cc2c1. The second-order valence-corrected chi connectivity index (χ2v) is 7.72. The minimum Gasteiger partial charge on any atom is -0.497 e. The van der Waals surface area contributed by atoms with Crippen molar-refractivity contribution < 1.29 is 27.8 Å². The topological polar surface area (TPSA) is 74.9 Å². The summed E-state index contributed by atoms with van der Waals surface area (Å²) < 4.78 is 34.6. The Labute approximate surface area is 183 Å². The molecule has 4 rings (SSSR count). The van der Waals surface area contributed by atoms with Crippen LogP contribution in [0, 0.1) is 0 Å². The molecule has 3 aromatic rings. The van der Waals surface area contributed by atoms with Crippen LogP contribution in [0.5, 0.6) is 11.5 Å². The second-order valence-electron chi connectivity index (χ2n) is 7.72. The quantitative estimate of drug-likeness (QED) is 0.631. The van der Waals surface area contributed by atoms with Crippen molar-refractivity contribution in [1.82, 2.24) is 14.8 Å². The van der Waals surface area contributed by atoms with E-state index in [-0.39, 0.29) is 36.7 Å². The van der Waals surface area contributed by atoms with Crippen LogP contribution >= 0.6 is 0 Å². The van der Waals surface area contributed by atoms with Crippen LogP contribution in [0.4, 0.5) is 8.78 Å². The Morgan fingerprint density at radius 1 is 1.19 bits per heavy atom. The van der Waals surface area contributed by atoms with Gasteiger partial charge < -0.3 is 24.3 Å². The summed E-state index contributed by atoms with van der Waals surface area (Å²) in [6.07, 6.45) is 0. The average Bonchev–Trinajstić information content (AvgIpc) is 3.18. The Hall–Kier alpha value is -3.62. The van der Waals surface area contributed by atoms with Crippen LogP contribution in [0.1, 0.15) is 23.0 Å². The molecule has 2 amide bonds. The van der Waals surface area contributed by atoms with Gasteiger partial charge in [-0.1, -0.05) is 12.1 Å². The highest BCUT2D eigenvalue weighted by atomic mass is 19.3. The summed E-state index contributed by atoms with van der Waals surface area (Å²) in [6.45, 7) is -0.515. The number of piperazine rings is 1. The van der Waals surface area contributed by atoms with Gasteiger partial charge in [-0.2, -0.15) is 8.78 Å². The van der Waals surface area contributed by atoms with Gasteiger partial charge in [0.05, 0.1) is 7.11 Å². The van der Waals surface area contributed by atoms with Gasteiger partial charge in [0.25, 0.3) is 5.91 Å². The van der Waals surface area contributed by atoms with Gasteiger partial charge in [-0.15, -0.1) is 0 Å². The molecule has 2 heterocycles. The maximum Gasteiger partial charge on any atom is 0.387 e. The van der Waals surface area contributed by atoms with Gasteiger partial charge in [0.2, 0.25) is 5.91 Å². The molecular weight excluding hydrogens is 420 g/mol. The highest BCUT2D eigenvalue weighted by Gasteiger charge is 2.33. The number of aromatic amines is 1. The molecule has 168 valence electrons. The number of benzene rings is 2. The number of carbonyl (C=O) groups excluding carboxylic acids is 2. The number of amides is 2. The number of fused-ring (bicyclic) bond motifs is 1. The monoisotopic (exact) mass is 443 g/mol. The third-order valence-electron chi connectivity index (χ3n) is 5.49. The number of hydrogen-bond donors (Lipinski definition) is 1. The maximum atomic E-state index is 13.0. The van der Waals surface area contributed by atoms with Crippen molar-refractivity contribution in [3.05, 3.63) is 59.8 Å².